The lowest BCUT2D eigenvalue weighted by molar-refractivity contribution is 0.102. The zero-order valence-electron chi connectivity index (χ0n) is 14.9. The van der Waals surface area contributed by atoms with Crippen LogP contribution in [0.1, 0.15) is 16.2 Å². The zero-order chi connectivity index (χ0) is 20.1. The highest BCUT2D eigenvalue weighted by atomic mass is 32.1. The molecule has 0 saturated carbocycles. The van der Waals surface area contributed by atoms with E-state index in [0.29, 0.717) is 33.3 Å². The lowest BCUT2D eigenvalue weighted by Crippen LogP contribution is -2.15. The van der Waals surface area contributed by atoms with Gasteiger partial charge in [-0.05, 0) is 31.2 Å². The zero-order valence-corrected chi connectivity index (χ0v) is 15.7. The number of fused-ring (bicyclic) bond motifs is 2. The van der Waals surface area contributed by atoms with Crippen LogP contribution in [0.4, 0.5) is 9.52 Å². The van der Waals surface area contributed by atoms with Crippen LogP contribution in [0.3, 0.4) is 0 Å². The number of thiazole rings is 1. The van der Waals surface area contributed by atoms with Gasteiger partial charge in [0.05, 0.1) is 16.9 Å². The molecule has 0 aliphatic heterocycles. The van der Waals surface area contributed by atoms with E-state index < -0.39 is 17.5 Å². The largest absolute Gasteiger partial charge is 0.417 e. The van der Waals surface area contributed by atoms with Crippen LogP contribution >= 0.6 is 11.3 Å². The molecule has 0 bridgehead atoms. The summed E-state index contributed by atoms with van der Waals surface area (Å²) in [5.74, 6) is -1.43. The van der Waals surface area contributed by atoms with Gasteiger partial charge in [-0.1, -0.05) is 6.07 Å². The van der Waals surface area contributed by atoms with Crippen LogP contribution in [0.5, 0.6) is 0 Å². The van der Waals surface area contributed by atoms with Gasteiger partial charge in [0, 0.05) is 17.1 Å². The summed E-state index contributed by atoms with van der Waals surface area (Å²) in [5.41, 5.74) is 3.59. The van der Waals surface area contributed by atoms with Gasteiger partial charge in [0.15, 0.2) is 10.7 Å². The van der Waals surface area contributed by atoms with Crippen molar-refractivity contribution in [3.05, 3.63) is 69.7 Å². The Kier molecular flexibility index (Phi) is 3.81. The monoisotopic (exact) mass is 409 g/mol. The molecule has 2 N–H and O–H groups in total. The number of rotatable bonds is 3. The Balaban J connectivity index is 1.45. The molecule has 4 aromatic heterocycles. The summed E-state index contributed by atoms with van der Waals surface area (Å²) in [5, 5.41) is 4.89. The van der Waals surface area contributed by atoms with E-state index in [-0.39, 0.29) is 5.69 Å². The fraction of sp³-hybridized carbons (Fsp3) is 0.0526. The maximum absolute atomic E-state index is 13.6. The number of aryl methyl sites for hydroxylation is 1. The second-order valence-corrected chi connectivity index (χ2v) is 7.20. The Labute approximate surface area is 165 Å². The highest BCUT2D eigenvalue weighted by molar-refractivity contribution is 7.14. The minimum absolute atomic E-state index is 0.242. The van der Waals surface area contributed by atoms with Gasteiger partial charge >= 0.3 is 5.76 Å². The van der Waals surface area contributed by atoms with Crippen molar-refractivity contribution in [1.82, 2.24) is 19.4 Å². The lowest BCUT2D eigenvalue weighted by atomic mass is 10.1. The SMILES string of the molecule is Cc1nc2ccc(F)cn2c1C(=O)Nc1nc(-c2ccc3[nH]c(=O)oc3c2)cs1. The first kappa shape index (κ1) is 17.3. The first-order valence-electron chi connectivity index (χ1n) is 8.52. The maximum atomic E-state index is 13.6. The molecule has 8 nitrogen and oxygen atoms in total. The average Bonchev–Trinajstić information content (AvgIpc) is 3.36. The van der Waals surface area contributed by atoms with E-state index in [2.05, 4.69) is 20.3 Å². The van der Waals surface area contributed by atoms with Gasteiger partial charge in [0.2, 0.25) is 0 Å². The lowest BCUT2D eigenvalue weighted by Gasteiger charge is -2.03. The van der Waals surface area contributed by atoms with Gasteiger partial charge in [-0.15, -0.1) is 11.3 Å². The predicted octanol–water partition coefficient (Wildman–Crippen LogP) is 3.59. The third-order valence-electron chi connectivity index (χ3n) is 4.41. The number of nitrogens with one attached hydrogen (secondary N) is 2. The quantitative estimate of drug-likeness (QED) is 0.474. The summed E-state index contributed by atoms with van der Waals surface area (Å²) in [6, 6.07) is 8.02. The molecule has 29 heavy (non-hydrogen) atoms. The van der Waals surface area contributed by atoms with Crippen molar-refractivity contribution in [3.63, 3.8) is 0 Å². The molecule has 5 rings (SSSR count). The van der Waals surface area contributed by atoms with Crippen molar-refractivity contribution in [1.29, 1.82) is 0 Å². The van der Waals surface area contributed by atoms with E-state index in [0.717, 1.165) is 5.56 Å². The smallest absolute Gasteiger partial charge is 0.408 e. The van der Waals surface area contributed by atoms with Crippen molar-refractivity contribution >= 4 is 39.1 Å². The molecule has 144 valence electrons. The number of aromatic amines is 1. The highest BCUT2D eigenvalue weighted by Gasteiger charge is 2.18. The number of oxazole rings is 1. The van der Waals surface area contributed by atoms with E-state index in [4.69, 9.17) is 4.42 Å². The van der Waals surface area contributed by atoms with Crippen molar-refractivity contribution in [3.8, 4) is 11.3 Å². The van der Waals surface area contributed by atoms with E-state index >= 15 is 0 Å². The van der Waals surface area contributed by atoms with Crippen molar-refractivity contribution in [2.75, 3.05) is 5.32 Å². The second kappa shape index (κ2) is 6.38. The molecule has 0 saturated heterocycles. The highest BCUT2D eigenvalue weighted by Crippen LogP contribution is 2.27. The Bertz CT molecular complexity index is 1460. The third-order valence-corrected chi connectivity index (χ3v) is 5.17. The maximum Gasteiger partial charge on any atom is 0.417 e. The molecule has 0 unspecified atom stereocenters. The van der Waals surface area contributed by atoms with E-state index in [9.17, 15) is 14.0 Å². The fourth-order valence-corrected chi connectivity index (χ4v) is 3.85. The average molecular weight is 409 g/mol. The van der Waals surface area contributed by atoms with Gasteiger partial charge in [-0.25, -0.2) is 19.2 Å². The third kappa shape index (κ3) is 2.99. The normalized spacial score (nSPS) is 11.4. The van der Waals surface area contributed by atoms with Crippen molar-refractivity contribution in [2.45, 2.75) is 6.92 Å². The summed E-state index contributed by atoms with van der Waals surface area (Å²) in [6.45, 7) is 1.69. The van der Waals surface area contributed by atoms with Crippen LogP contribution in [0, 0.1) is 12.7 Å². The van der Waals surface area contributed by atoms with Gasteiger partial charge in [-0.3, -0.25) is 19.5 Å². The predicted molar refractivity (Wildman–Crippen MR) is 106 cm³/mol. The number of pyridine rings is 1. The number of H-pyrrole nitrogens is 1. The van der Waals surface area contributed by atoms with Crippen LogP contribution in [-0.2, 0) is 0 Å². The summed E-state index contributed by atoms with van der Waals surface area (Å²) >= 11 is 1.25. The van der Waals surface area contributed by atoms with Crippen LogP contribution < -0.4 is 11.1 Å². The number of hydrogen-bond donors (Lipinski definition) is 2. The number of carbonyl (C=O) groups excluding carboxylic acids is 1. The minimum Gasteiger partial charge on any atom is -0.408 e. The van der Waals surface area contributed by atoms with E-state index in [1.807, 2.05) is 0 Å². The molecule has 5 aromatic rings. The molecule has 0 atom stereocenters. The van der Waals surface area contributed by atoms with Gasteiger partial charge in [0.1, 0.15) is 17.2 Å². The minimum atomic E-state index is -0.525. The molecule has 0 radical (unpaired) electrons. The number of amides is 1. The molecule has 1 aromatic carbocycles. The molecule has 1 amide bonds. The molecule has 10 heteroatoms. The number of benzene rings is 1. The van der Waals surface area contributed by atoms with Gasteiger partial charge in [0.25, 0.3) is 5.91 Å². The summed E-state index contributed by atoms with van der Waals surface area (Å²) in [6.07, 6.45) is 1.22. The second-order valence-electron chi connectivity index (χ2n) is 6.34. The molecule has 0 fully saturated rings. The van der Waals surface area contributed by atoms with Crippen LogP contribution in [0.2, 0.25) is 0 Å². The van der Waals surface area contributed by atoms with Crippen molar-refractivity contribution < 1.29 is 13.6 Å². The van der Waals surface area contributed by atoms with Crippen molar-refractivity contribution in [2.24, 2.45) is 0 Å². The van der Waals surface area contributed by atoms with E-state index in [1.165, 1.54) is 34.1 Å². The van der Waals surface area contributed by atoms with Gasteiger partial charge in [-0.2, -0.15) is 0 Å². The molecule has 4 heterocycles. The Morgan fingerprint density at radius 3 is 3.00 bits per heavy atom. The molecule has 0 aliphatic rings. The van der Waals surface area contributed by atoms with Crippen LogP contribution in [-0.4, -0.2) is 25.3 Å². The number of anilines is 1. The topological polar surface area (TPSA) is 105 Å². The number of carbonyl (C=O) groups is 1. The van der Waals surface area contributed by atoms with Crippen LogP contribution in [0.25, 0.3) is 28.0 Å². The molecular formula is C19H12FN5O3S. The van der Waals surface area contributed by atoms with Crippen LogP contribution in [0.15, 0.2) is 51.1 Å². The standard InChI is InChI=1S/C19H12FN5O3S/c1-9-16(25-7-11(20)3-5-15(25)21-9)17(26)24-18-22-13(8-29-18)10-2-4-12-14(6-10)28-19(27)23-12/h2-8H,1H3,(H,23,27)(H,22,24,26). The summed E-state index contributed by atoms with van der Waals surface area (Å²) in [7, 11) is 0. The number of nitrogens with zero attached hydrogens (tertiary/aromatic N) is 3. The number of imidazole rings is 1. The number of aromatic nitrogens is 4. The number of hydrogen-bond acceptors (Lipinski definition) is 6. The summed E-state index contributed by atoms with van der Waals surface area (Å²) in [4.78, 5) is 35.3. The Morgan fingerprint density at radius 1 is 1.28 bits per heavy atom. The first-order chi connectivity index (χ1) is 14.0. The molecule has 0 spiro atoms. The number of halogens is 1. The van der Waals surface area contributed by atoms with Gasteiger partial charge < -0.3 is 4.42 Å². The Morgan fingerprint density at radius 2 is 2.14 bits per heavy atom. The first-order valence-corrected chi connectivity index (χ1v) is 9.40. The molecular weight excluding hydrogens is 397 g/mol. The summed E-state index contributed by atoms with van der Waals surface area (Å²) < 4.78 is 20.1. The fourth-order valence-electron chi connectivity index (χ4n) is 3.13. The Hall–Kier alpha value is -3.79. The molecule has 0 aliphatic carbocycles. The van der Waals surface area contributed by atoms with E-state index in [1.54, 1.807) is 30.5 Å².